The maximum Gasteiger partial charge on any atom is 0.145 e. The molecule has 0 aromatic rings. The van der Waals surface area contributed by atoms with Gasteiger partial charge in [0.1, 0.15) is 6.29 Å². The standard InChI is InChI=1S/C20H32O3/c1-18(2)8-4-9-19(3)15(18)7-10-20(13-22)16(19)6-5-14(12-21)11-17(20)23/h5,12,15-17,22-23H,4,6-11,13H2,1-3H3/t15?,16?,17-,19+,20+/m1/s1. The van der Waals surface area contributed by atoms with Crippen molar-refractivity contribution in [3.63, 3.8) is 0 Å². The second kappa shape index (κ2) is 5.70. The molecule has 3 heteroatoms. The van der Waals surface area contributed by atoms with Crippen LogP contribution in [0.15, 0.2) is 11.6 Å². The lowest BCUT2D eigenvalue weighted by Gasteiger charge is -2.63. The summed E-state index contributed by atoms with van der Waals surface area (Å²) >= 11 is 0. The number of hydrogen-bond donors (Lipinski definition) is 2. The van der Waals surface area contributed by atoms with E-state index in [9.17, 15) is 15.0 Å². The number of allylic oxidation sites excluding steroid dienone is 1. The van der Waals surface area contributed by atoms with E-state index in [0.717, 1.165) is 25.5 Å². The molecule has 2 unspecified atom stereocenters. The highest BCUT2D eigenvalue weighted by Gasteiger charge is 2.61. The van der Waals surface area contributed by atoms with Crippen molar-refractivity contribution >= 4 is 6.29 Å². The first-order chi connectivity index (χ1) is 10.8. The van der Waals surface area contributed by atoms with Crippen molar-refractivity contribution in [2.45, 2.75) is 71.8 Å². The third kappa shape index (κ3) is 2.42. The third-order valence-electron chi connectivity index (χ3n) is 7.82. The van der Waals surface area contributed by atoms with Gasteiger partial charge in [-0.1, -0.05) is 33.3 Å². The molecule has 3 aliphatic rings. The van der Waals surface area contributed by atoms with E-state index < -0.39 is 11.5 Å². The van der Waals surface area contributed by atoms with Crippen molar-refractivity contribution in [3.05, 3.63) is 11.6 Å². The molecule has 0 aromatic heterocycles. The Morgan fingerprint density at radius 1 is 1.22 bits per heavy atom. The van der Waals surface area contributed by atoms with E-state index in [1.807, 2.05) is 6.08 Å². The van der Waals surface area contributed by atoms with Crippen molar-refractivity contribution < 1.29 is 15.0 Å². The molecule has 130 valence electrons. The normalized spacial score (nSPS) is 46.1. The van der Waals surface area contributed by atoms with E-state index >= 15 is 0 Å². The molecule has 5 atom stereocenters. The quantitative estimate of drug-likeness (QED) is 0.766. The summed E-state index contributed by atoms with van der Waals surface area (Å²) in [6.45, 7) is 7.20. The van der Waals surface area contributed by atoms with Crippen molar-refractivity contribution in [2.24, 2.45) is 28.1 Å². The molecular weight excluding hydrogens is 288 g/mol. The molecular formula is C20H32O3. The summed E-state index contributed by atoms with van der Waals surface area (Å²) in [5.41, 5.74) is 0.719. The SMILES string of the molecule is CC1(C)CCC[C@@]2(C)C1CC[C@]1(CO)C2CC=C(C=O)C[C@H]1O. The molecule has 3 rings (SSSR count). The van der Waals surface area contributed by atoms with Gasteiger partial charge in [-0.3, -0.25) is 4.79 Å². The zero-order valence-corrected chi connectivity index (χ0v) is 14.8. The molecule has 3 nitrogen and oxygen atoms in total. The van der Waals surface area contributed by atoms with Crippen LogP contribution >= 0.6 is 0 Å². The average Bonchev–Trinajstić information content (AvgIpc) is 2.64. The molecule has 2 N–H and O–H groups in total. The zero-order chi connectivity index (χ0) is 16.9. The van der Waals surface area contributed by atoms with E-state index in [1.54, 1.807) is 0 Å². The lowest BCUT2D eigenvalue weighted by Crippen LogP contribution is -2.59. The van der Waals surface area contributed by atoms with E-state index in [0.29, 0.717) is 23.3 Å². The Kier molecular flexibility index (Phi) is 4.25. The first-order valence-electron chi connectivity index (χ1n) is 9.23. The number of carbonyl (C=O) groups excluding carboxylic acids is 1. The average molecular weight is 320 g/mol. The Morgan fingerprint density at radius 2 is 1.96 bits per heavy atom. The Labute approximate surface area is 140 Å². The summed E-state index contributed by atoms with van der Waals surface area (Å²) in [5.74, 6) is 0.887. The molecule has 2 fully saturated rings. The maximum atomic E-state index is 11.3. The Morgan fingerprint density at radius 3 is 2.61 bits per heavy atom. The monoisotopic (exact) mass is 320 g/mol. The third-order valence-corrected chi connectivity index (χ3v) is 7.82. The number of rotatable bonds is 2. The summed E-state index contributed by atoms with van der Waals surface area (Å²) in [4.78, 5) is 11.3. The first kappa shape index (κ1) is 17.2. The van der Waals surface area contributed by atoms with Gasteiger partial charge < -0.3 is 10.2 Å². The van der Waals surface area contributed by atoms with Gasteiger partial charge in [-0.25, -0.2) is 0 Å². The molecule has 0 spiro atoms. The highest BCUT2D eigenvalue weighted by molar-refractivity contribution is 5.73. The summed E-state index contributed by atoms with van der Waals surface area (Å²) in [5, 5.41) is 21.2. The second-order valence-electron chi connectivity index (χ2n) is 9.24. The second-order valence-corrected chi connectivity index (χ2v) is 9.24. The Balaban J connectivity index is 2.06. The summed E-state index contributed by atoms with van der Waals surface area (Å²) in [6.07, 6.45) is 9.13. The van der Waals surface area contributed by atoms with Gasteiger partial charge in [0.2, 0.25) is 0 Å². The van der Waals surface area contributed by atoms with Gasteiger partial charge in [0.25, 0.3) is 0 Å². The molecule has 0 saturated heterocycles. The van der Waals surface area contributed by atoms with Gasteiger partial charge in [0.15, 0.2) is 0 Å². The van der Waals surface area contributed by atoms with Crippen LogP contribution in [0.4, 0.5) is 0 Å². The maximum absolute atomic E-state index is 11.3. The molecule has 0 aliphatic heterocycles. The van der Waals surface area contributed by atoms with Gasteiger partial charge in [-0.05, 0) is 60.3 Å². The number of aldehydes is 1. The van der Waals surface area contributed by atoms with Crippen LogP contribution in [0.25, 0.3) is 0 Å². The summed E-state index contributed by atoms with van der Waals surface area (Å²) in [7, 11) is 0. The number of fused-ring (bicyclic) bond motifs is 3. The fourth-order valence-electron chi connectivity index (χ4n) is 6.62. The van der Waals surface area contributed by atoms with E-state index in [1.165, 1.54) is 19.3 Å². The van der Waals surface area contributed by atoms with Crippen LogP contribution in [0.5, 0.6) is 0 Å². The zero-order valence-electron chi connectivity index (χ0n) is 14.8. The fourth-order valence-corrected chi connectivity index (χ4v) is 6.62. The first-order valence-corrected chi connectivity index (χ1v) is 9.23. The van der Waals surface area contributed by atoms with Crippen LogP contribution in [-0.2, 0) is 4.79 Å². The highest BCUT2D eigenvalue weighted by Crippen LogP contribution is 2.66. The van der Waals surface area contributed by atoms with Crippen LogP contribution in [0, 0.1) is 28.1 Å². The minimum atomic E-state index is -0.612. The molecule has 23 heavy (non-hydrogen) atoms. The summed E-state index contributed by atoms with van der Waals surface area (Å²) in [6, 6.07) is 0. The van der Waals surface area contributed by atoms with Gasteiger partial charge in [-0.15, -0.1) is 0 Å². The smallest absolute Gasteiger partial charge is 0.145 e. The van der Waals surface area contributed by atoms with E-state index in [2.05, 4.69) is 20.8 Å². The molecule has 0 radical (unpaired) electrons. The molecule has 0 amide bonds. The number of aliphatic hydroxyl groups excluding tert-OH is 2. The van der Waals surface area contributed by atoms with Crippen molar-refractivity contribution in [2.75, 3.05) is 6.61 Å². The molecule has 2 saturated carbocycles. The fraction of sp³-hybridized carbons (Fsp3) is 0.850. The number of aliphatic hydroxyl groups is 2. The molecule has 3 aliphatic carbocycles. The molecule has 0 bridgehead atoms. The highest BCUT2D eigenvalue weighted by atomic mass is 16.3. The number of hydrogen-bond acceptors (Lipinski definition) is 3. The van der Waals surface area contributed by atoms with Crippen molar-refractivity contribution in [1.82, 2.24) is 0 Å². The molecule has 0 aromatic carbocycles. The van der Waals surface area contributed by atoms with Gasteiger partial charge in [-0.2, -0.15) is 0 Å². The van der Waals surface area contributed by atoms with Crippen LogP contribution < -0.4 is 0 Å². The Hall–Kier alpha value is -0.670. The minimum Gasteiger partial charge on any atom is -0.396 e. The predicted octanol–water partition coefficient (Wildman–Crippen LogP) is 3.49. The van der Waals surface area contributed by atoms with Crippen molar-refractivity contribution in [3.8, 4) is 0 Å². The van der Waals surface area contributed by atoms with Gasteiger partial charge in [0.05, 0.1) is 12.7 Å². The van der Waals surface area contributed by atoms with Gasteiger partial charge >= 0.3 is 0 Å². The van der Waals surface area contributed by atoms with E-state index in [4.69, 9.17) is 0 Å². The predicted molar refractivity (Wildman–Crippen MR) is 90.9 cm³/mol. The van der Waals surface area contributed by atoms with Crippen molar-refractivity contribution in [1.29, 1.82) is 0 Å². The van der Waals surface area contributed by atoms with Crippen LogP contribution in [0.3, 0.4) is 0 Å². The van der Waals surface area contributed by atoms with Crippen LogP contribution in [-0.4, -0.2) is 29.2 Å². The largest absolute Gasteiger partial charge is 0.396 e. The summed E-state index contributed by atoms with van der Waals surface area (Å²) < 4.78 is 0. The van der Waals surface area contributed by atoms with Crippen LogP contribution in [0.1, 0.15) is 65.7 Å². The molecule has 0 heterocycles. The van der Waals surface area contributed by atoms with E-state index in [-0.39, 0.29) is 17.9 Å². The topological polar surface area (TPSA) is 57.5 Å². The van der Waals surface area contributed by atoms with Crippen LogP contribution in [0.2, 0.25) is 0 Å². The minimum absolute atomic E-state index is 0.0293. The number of carbonyl (C=O) groups is 1. The lowest BCUT2D eigenvalue weighted by molar-refractivity contribution is -0.181. The lowest BCUT2D eigenvalue weighted by atomic mass is 9.42. The Bertz CT molecular complexity index is 509. The van der Waals surface area contributed by atoms with Gasteiger partial charge in [0, 0.05) is 11.8 Å².